The van der Waals surface area contributed by atoms with Gasteiger partial charge in [0, 0.05) is 17.8 Å². The number of hydrogen-bond acceptors (Lipinski definition) is 3. The van der Waals surface area contributed by atoms with E-state index in [1.807, 2.05) is 12.1 Å². The Morgan fingerprint density at radius 2 is 1.83 bits per heavy atom. The lowest BCUT2D eigenvalue weighted by Gasteiger charge is -2.27. The van der Waals surface area contributed by atoms with E-state index in [0.717, 1.165) is 31.6 Å². The normalized spacial score (nSPS) is 23.7. The van der Waals surface area contributed by atoms with Gasteiger partial charge in [0.05, 0.1) is 6.61 Å². The highest BCUT2D eigenvalue weighted by atomic mass is 16.5. The molecule has 100 valence electrons. The van der Waals surface area contributed by atoms with Crippen LogP contribution in [-0.2, 0) is 0 Å². The molecule has 2 rings (SSSR count). The van der Waals surface area contributed by atoms with Gasteiger partial charge >= 0.3 is 0 Å². The largest absolute Gasteiger partial charge is 0.494 e. The van der Waals surface area contributed by atoms with Gasteiger partial charge in [0.2, 0.25) is 0 Å². The molecule has 0 unspecified atom stereocenters. The summed E-state index contributed by atoms with van der Waals surface area (Å²) in [4.78, 5) is 0. The van der Waals surface area contributed by atoms with Gasteiger partial charge in [0.25, 0.3) is 0 Å². The van der Waals surface area contributed by atoms with Crippen molar-refractivity contribution >= 4 is 5.69 Å². The molecule has 0 atom stereocenters. The minimum Gasteiger partial charge on any atom is -0.494 e. The van der Waals surface area contributed by atoms with Gasteiger partial charge in [-0.1, -0.05) is 6.92 Å². The molecule has 1 aromatic carbocycles. The van der Waals surface area contributed by atoms with E-state index in [2.05, 4.69) is 24.4 Å². The minimum atomic E-state index is 0.410. The van der Waals surface area contributed by atoms with E-state index < -0.39 is 0 Å². The summed E-state index contributed by atoms with van der Waals surface area (Å²) in [6, 6.07) is 9.25. The average Bonchev–Trinajstić information content (AvgIpc) is 2.41. The summed E-state index contributed by atoms with van der Waals surface area (Å²) in [6.07, 6.45) is 5.66. The zero-order valence-corrected chi connectivity index (χ0v) is 11.2. The molecule has 0 amide bonds. The number of benzene rings is 1. The van der Waals surface area contributed by atoms with E-state index in [-0.39, 0.29) is 0 Å². The standard InChI is InChI=1S/C15H24N2O/c1-2-11-18-15-9-7-14(8-10-15)17-13-5-3-12(16)4-6-13/h7-10,12-13,17H,2-6,11,16H2,1H3. The lowest BCUT2D eigenvalue weighted by atomic mass is 9.92. The molecule has 0 heterocycles. The Hall–Kier alpha value is -1.22. The van der Waals surface area contributed by atoms with Crippen molar-refractivity contribution in [1.29, 1.82) is 0 Å². The van der Waals surface area contributed by atoms with Crippen molar-refractivity contribution in [2.75, 3.05) is 11.9 Å². The molecule has 0 bridgehead atoms. The molecule has 3 N–H and O–H groups in total. The van der Waals surface area contributed by atoms with E-state index >= 15 is 0 Å². The van der Waals surface area contributed by atoms with E-state index in [0.29, 0.717) is 12.1 Å². The monoisotopic (exact) mass is 248 g/mol. The molecular formula is C15H24N2O. The Labute approximate surface area is 110 Å². The molecule has 0 saturated heterocycles. The maximum Gasteiger partial charge on any atom is 0.119 e. The van der Waals surface area contributed by atoms with Crippen LogP contribution in [0.25, 0.3) is 0 Å². The van der Waals surface area contributed by atoms with Crippen molar-refractivity contribution in [3.63, 3.8) is 0 Å². The van der Waals surface area contributed by atoms with E-state index in [1.54, 1.807) is 0 Å². The molecule has 0 aromatic heterocycles. The second kappa shape index (κ2) is 6.64. The van der Waals surface area contributed by atoms with Crippen LogP contribution in [0.4, 0.5) is 5.69 Å². The first kappa shape index (κ1) is 13.2. The van der Waals surface area contributed by atoms with Gasteiger partial charge in [-0.05, 0) is 56.4 Å². The summed E-state index contributed by atoms with van der Waals surface area (Å²) >= 11 is 0. The zero-order chi connectivity index (χ0) is 12.8. The van der Waals surface area contributed by atoms with Gasteiger partial charge in [-0.2, -0.15) is 0 Å². The van der Waals surface area contributed by atoms with Crippen molar-refractivity contribution in [3.05, 3.63) is 24.3 Å². The predicted molar refractivity (Wildman–Crippen MR) is 76.1 cm³/mol. The fraction of sp³-hybridized carbons (Fsp3) is 0.600. The Morgan fingerprint density at radius 1 is 1.17 bits per heavy atom. The summed E-state index contributed by atoms with van der Waals surface area (Å²) in [5.41, 5.74) is 7.09. The fourth-order valence-corrected chi connectivity index (χ4v) is 2.37. The molecule has 1 aliphatic rings. The molecule has 1 aromatic rings. The highest BCUT2D eigenvalue weighted by Gasteiger charge is 2.17. The summed E-state index contributed by atoms with van der Waals surface area (Å²) in [6.45, 7) is 2.90. The first-order valence-electron chi connectivity index (χ1n) is 7.03. The van der Waals surface area contributed by atoms with Crippen molar-refractivity contribution in [3.8, 4) is 5.75 Å². The Morgan fingerprint density at radius 3 is 2.44 bits per heavy atom. The first-order chi connectivity index (χ1) is 8.78. The molecule has 1 saturated carbocycles. The molecule has 0 spiro atoms. The number of nitrogens with two attached hydrogens (primary N) is 1. The van der Waals surface area contributed by atoms with Gasteiger partial charge in [-0.15, -0.1) is 0 Å². The van der Waals surface area contributed by atoms with Gasteiger partial charge in [-0.25, -0.2) is 0 Å². The van der Waals surface area contributed by atoms with Crippen molar-refractivity contribution in [1.82, 2.24) is 0 Å². The maximum absolute atomic E-state index is 5.91. The summed E-state index contributed by atoms with van der Waals surface area (Å²) in [7, 11) is 0. The smallest absolute Gasteiger partial charge is 0.119 e. The van der Waals surface area contributed by atoms with E-state index in [1.165, 1.54) is 18.5 Å². The highest BCUT2D eigenvalue weighted by molar-refractivity contribution is 5.47. The molecule has 3 heteroatoms. The van der Waals surface area contributed by atoms with Crippen LogP contribution in [0.2, 0.25) is 0 Å². The van der Waals surface area contributed by atoms with Crippen LogP contribution >= 0.6 is 0 Å². The molecule has 0 radical (unpaired) electrons. The Kier molecular flexibility index (Phi) is 4.88. The summed E-state index contributed by atoms with van der Waals surface area (Å²) in [5.74, 6) is 0.952. The highest BCUT2D eigenvalue weighted by Crippen LogP contribution is 2.22. The fourth-order valence-electron chi connectivity index (χ4n) is 2.37. The van der Waals surface area contributed by atoms with Crippen LogP contribution in [0.5, 0.6) is 5.75 Å². The van der Waals surface area contributed by atoms with Crippen LogP contribution in [-0.4, -0.2) is 18.7 Å². The van der Waals surface area contributed by atoms with Gasteiger partial charge in [-0.3, -0.25) is 0 Å². The van der Waals surface area contributed by atoms with Crippen LogP contribution in [0, 0.1) is 0 Å². The van der Waals surface area contributed by atoms with Crippen molar-refractivity contribution in [2.45, 2.75) is 51.1 Å². The third kappa shape index (κ3) is 3.91. The minimum absolute atomic E-state index is 0.410. The molecule has 0 aliphatic heterocycles. The zero-order valence-electron chi connectivity index (χ0n) is 11.2. The first-order valence-corrected chi connectivity index (χ1v) is 7.03. The second-order valence-corrected chi connectivity index (χ2v) is 5.13. The quantitative estimate of drug-likeness (QED) is 0.841. The maximum atomic E-state index is 5.91. The van der Waals surface area contributed by atoms with E-state index in [4.69, 9.17) is 10.5 Å². The predicted octanol–water partition coefficient (Wildman–Crippen LogP) is 3.16. The van der Waals surface area contributed by atoms with Gasteiger partial charge in [0.15, 0.2) is 0 Å². The topological polar surface area (TPSA) is 47.3 Å². The number of hydrogen-bond donors (Lipinski definition) is 2. The molecular weight excluding hydrogens is 224 g/mol. The second-order valence-electron chi connectivity index (χ2n) is 5.13. The third-order valence-corrected chi connectivity index (χ3v) is 3.47. The number of rotatable bonds is 5. The summed E-state index contributed by atoms with van der Waals surface area (Å²) < 4.78 is 5.57. The number of anilines is 1. The molecule has 1 fully saturated rings. The van der Waals surface area contributed by atoms with Crippen molar-refractivity contribution < 1.29 is 4.74 Å². The number of ether oxygens (including phenoxy) is 1. The Bertz CT molecular complexity index is 342. The van der Waals surface area contributed by atoms with Crippen LogP contribution in [0.1, 0.15) is 39.0 Å². The molecule has 18 heavy (non-hydrogen) atoms. The van der Waals surface area contributed by atoms with Gasteiger partial charge < -0.3 is 15.8 Å². The third-order valence-electron chi connectivity index (χ3n) is 3.47. The SMILES string of the molecule is CCCOc1ccc(NC2CCC(N)CC2)cc1. The lowest BCUT2D eigenvalue weighted by molar-refractivity contribution is 0.317. The Balaban J connectivity index is 1.82. The van der Waals surface area contributed by atoms with Crippen LogP contribution in [0.3, 0.4) is 0 Å². The van der Waals surface area contributed by atoms with Crippen molar-refractivity contribution in [2.24, 2.45) is 5.73 Å². The van der Waals surface area contributed by atoms with E-state index in [9.17, 15) is 0 Å². The van der Waals surface area contributed by atoms with Crippen LogP contribution < -0.4 is 15.8 Å². The summed E-state index contributed by atoms with van der Waals surface area (Å²) in [5, 5.41) is 3.57. The average molecular weight is 248 g/mol. The van der Waals surface area contributed by atoms with Gasteiger partial charge in [0.1, 0.15) is 5.75 Å². The lowest BCUT2D eigenvalue weighted by Crippen LogP contribution is -2.32. The molecule has 1 aliphatic carbocycles. The van der Waals surface area contributed by atoms with Crippen LogP contribution in [0.15, 0.2) is 24.3 Å². The molecule has 3 nitrogen and oxygen atoms in total. The number of nitrogens with one attached hydrogen (secondary N) is 1.